The van der Waals surface area contributed by atoms with Crippen LogP contribution in [0.3, 0.4) is 0 Å². The quantitative estimate of drug-likeness (QED) is 0.479. The van der Waals surface area contributed by atoms with Gasteiger partial charge in [0.1, 0.15) is 0 Å². The Balaban J connectivity index is 4.17. The lowest BCUT2D eigenvalue weighted by Crippen LogP contribution is -2.38. The minimum atomic E-state index is 0.219. The number of nitrogens with zero attached hydrogens (tertiary/aromatic N) is 1. The van der Waals surface area contributed by atoms with Gasteiger partial charge in [0.25, 0.3) is 0 Å². The largest absolute Gasteiger partial charge is 0.395 e. The molecule has 2 nitrogen and oxygen atoms in total. The molecule has 0 atom stereocenters. The van der Waals surface area contributed by atoms with Crippen LogP contribution in [0.25, 0.3) is 0 Å². The van der Waals surface area contributed by atoms with E-state index in [9.17, 15) is 0 Å². The standard InChI is InChI=1S/C11H23NOS/c1-4-11(5-2)12(6-7-13)8-10(3)9-14/h11,13-14H,3-9H2,1-2H3. The van der Waals surface area contributed by atoms with E-state index in [1.165, 1.54) is 0 Å². The second-order valence-corrected chi connectivity index (χ2v) is 3.89. The molecule has 0 aliphatic heterocycles. The van der Waals surface area contributed by atoms with E-state index in [1.54, 1.807) is 0 Å². The molecule has 0 unspecified atom stereocenters. The van der Waals surface area contributed by atoms with E-state index in [1.807, 2.05) is 0 Å². The number of hydrogen-bond acceptors (Lipinski definition) is 3. The first-order valence-electron chi connectivity index (χ1n) is 5.31. The fourth-order valence-electron chi connectivity index (χ4n) is 1.66. The van der Waals surface area contributed by atoms with Crippen LogP contribution < -0.4 is 0 Å². The van der Waals surface area contributed by atoms with E-state index in [4.69, 9.17) is 5.11 Å². The van der Waals surface area contributed by atoms with Gasteiger partial charge in [0, 0.05) is 24.9 Å². The van der Waals surface area contributed by atoms with Crippen molar-refractivity contribution in [1.82, 2.24) is 4.90 Å². The lowest BCUT2D eigenvalue weighted by Gasteiger charge is -2.30. The van der Waals surface area contributed by atoms with Crippen molar-refractivity contribution in [3.8, 4) is 0 Å². The molecule has 0 bridgehead atoms. The molecule has 3 heteroatoms. The fraction of sp³-hybridized carbons (Fsp3) is 0.818. The van der Waals surface area contributed by atoms with Crippen molar-refractivity contribution >= 4 is 12.6 Å². The van der Waals surface area contributed by atoms with E-state index >= 15 is 0 Å². The lowest BCUT2D eigenvalue weighted by atomic mass is 10.1. The molecule has 0 radical (unpaired) electrons. The summed E-state index contributed by atoms with van der Waals surface area (Å²) in [6.07, 6.45) is 2.24. The van der Waals surface area contributed by atoms with Gasteiger partial charge < -0.3 is 5.11 Å². The smallest absolute Gasteiger partial charge is 0.0558 e. The molecule has 0 fully saturated rings. The summed E-state index contributed by atoms with van der Waals surface area (Å²) in [6.45, 7) is 10.1. The van der Waals surface area contributed by atoms with Crippen molar-refractivity contribution in [1.29, 1.82) is 0 Å². The second kappa shape index (κ2) is 8.33. The highest BCUT2D eigenvalue weighted by Crippen LogP contribution is 2.10. The van der Waals surface area contributed by atoms with Crippen molar-refractivity contribution in [2.24, 2.45) is 0 Å². The molecule has 1 N–H and O–H groups in total. The topological polar surface area (TPSA) is 23.5 Å². The molecule has 0 saturated heterocycles. The average molecular weight is 217 g/mol. The van der Waals surface area contributed by atoms with Crippen molar-refractivity contribution < 1.29 is 5.11 Å². The van der Waals surface area contributed by atoms with Crippen LogP contribution in [0.2, 0.25) is 0 Å². The number of thiol groups is 1. The van der Waals surface area contributed by atoms with Gasteiger partial charge in [-0.25, -0.2) is 0 Å². The van der Waals surface area contributed by atoms with Gasteiger partial charge in [-0.3, -0.25) is 4.90 Å². The van der Waals surface area contributed by atoms with Gasteiger partial charge in [-0.2, -0.15) is 12.6 Å². The highest BCUT2D eigenvalue weighted by atomic mass is 32.1. The van der Waals surface area contributed by atoms with Crippen molar-refractivity contribution in [2.45, 2.75) is 32.7 Å². The zero-order valence-electron chi connectivity index (χ0n) is 9.37. The maximum Gasteiger partial charge on any atom is 0.0558 e. The van der Waals surface area contributed by atoms with Crippen LogP contribution in [0.15, 0.2) is 12.2 Å². The number of aliphatic hydroxyl groups excluding tert-OH is 1. The molecule has 84 valence electrons. The molecule has 0 aliphatic carbocycles. The maximum absolute atomic E-state index is 8.97. The monoisotopic (exact) mass is 217 g/mol. The van der Waals surface area contributed by atoms with E-state index < -0.39 is 0 Å². The third kappa shape index (κ3) is 5.03. The van der Waals surface area contributed by atoms with Gasteiger partial charge in [0.15, 0.2) is 0 Å². The maximum atomic E-state index is 8.97. The van der Waals surface area contributed by atoms with Crippen LogP contribution in [0.1, 0.15) is 26.7 Å². The number of rotatable bonds is 8. The van der Waals surface area contributed by atoms with E-state index in [0.717, 1.165) is 37.3 Å². The van der Waals surface area contributed by atoms with Crippen molar-refractivity contribution in [3.05, 3.63) is 12.2 Å². The molecule has 0 aliphatic rings. The first-order valence-corrected chi connectivity index (χ1v) is 5.95. The van der Waals surface area contributed by atoms with Gasteiger partial charge in [0.05, 0.1) is 6.61 Å². The average Bonchev–Trinajstić information content (AvgIpc) is 2.19. The summed E-state index contributed by atoms with van der Waals surface area (Å²) in [5, 5.41) is 8.97. The molecule has 0 aromatic carbocycles. The third-order valence-corrected chi connectivity index (χ3v) is 2.94. The lowest BCUT2D eigenvalue weighted by molar-refractivity contribution is 0.155. The molecule has 0 heterocycles. The Morgan fingerprint density at radius 2 is 2.00 bits per heavy atom. The molecule has 0 spiro atoms. The van der Waals surface area contributed by atoms with Crippen LogP contribution in [-0.2, 0) is 0 Å². The highest BCUT2D eigenvalue weighted by Gasteiger charge is 2.14. The predicted octanol–water partition coefficient (Wildman–Crippen LogP) is 1.96. The van der Waals surface area contributed by atoms with Gasteiger partial charge >= 0.3 is 0 Å². The zero-order chi connectivity index (χ0) is 11.0. The molecule has 14 heavy (non-hydrogen) atoms. The minimum absolute atomic E-state index is 0.219. The van der Waals surface area contributed by atoms with Gasteiger partial charge in [-0.05, 0) is 12.8 Å². The van der Waals surface area contributed by atoms with Crippen LogP contribution >= 0.6 is 12.6 Å². The zero-order valence-corrected chi connectivity index (χ0v) is 10.3. The second-order valence-electron chi connectivity index (χ2n) is 3.57. The SMILES string of the molecule is C=C(CS)CN(CCO)C(CC)CC. The van der Waals surface area contributed by atoms with Crippen LogP contribution in [0.5, 0.6) is 0 Å². The molecule has 0 aromatic heterocycles. The molecular formula is C11H23NOS. The first-order chi connectivity index (χ1) is 6.69. The van der Waals surface area contributed by atoms with Crippen LogP contribution in [0.4, 0.5) is 0 Å². The van der Waals surface area contributed by atoms with Crippen molar-refractivity contribution in [2.75, 3.05) is 25.4 Å². The Kier molecular flexibility index (Phi) is 8.34. The Morgan fingerprint density at radius 1 is 1.43 bits per heavy atom. The number of aliphatic hydroxyl groups is 1. The fourth-order valence-corrected chi connectivity index (χ4v) is 1.76. The molecule has 0 rings (SSSR count). The van der Waals surface area contributed by atoms with Crippen LogP contribution in [-0.4, -0.2) is 41.5 Å². The predicted molar refractivity (Wildman–Crippen MR) is 66.0 cm³/mol. The summed E-state index contributed by atoms with van der Waals surface area (Å²) in [7, 11) is 0. The van der Waals surface area contributed by atoms with Crippen molar-refractivity contribution in [3.63, 3.8) is 0 Å². The van der Waals surface area contributed by atoms with E-state index in [-0.39, 0.29) is 6.61 Å². The summed E-state index contributed by atoms with van der Waals surface area (Å²) in [6, 6.07) is 0.554. The molecule has 0 saturated carbocycles. The Hall–Kier alpha value is 0.01000. The Bertz CT molecular complexity index is 157. The first kappa shape index (κ1) is 14.0. The van der Waals surface area contributed by atoms with E-state index in [2.05, 4.69) is 38.0 Å². The summed E-state index contributed by atoms with van der Waals surface area (Å²) < 4.78 is 0. The minimum Gasteiger partial charge on any atom is -0.395 e. The summed E-state index contributed by atoms with van der Waals surface area (Å²) in [5.41, 5.74) is 1.12. The van der Waals surface area contributed by atoms with Crippen LogP contribution in [0, 0.1) is 0 Å². The van der Waals surface area contributed by atoms with E-state index in [0.29, 0.717) is 6.04 Å². The summed E-state index contributed by atoms with van der Waals surface area (Å²) in [4.78, 5) is 2.29. The highest BCUT2D eigenvalue weighted by molar-refractivity contribution is 7.80. The molecule has 0 aromatic rings. The summed E-state index contributed by atoms with van der Waals surface area (Å²) in [5.74, 6) is 0.724. The molecule has 0 amide bonds. The summed E-state index contributed by atoms with van der Waals surface area (Å²) >= 11 is 4.20. The van der Waals surface area contributed by atoms with Gasteiger partial charge in [-0.1, -0.05) is 26.0 Å². The number of hydrogen-bond donors (Lipinski definition) is 2. The normalized spacial score (nSPS) is 11.3. The Labute approximate surface area is 93.4 Å². The molecular weight excluding hydrogens is 194 g/mol. The van der Waals surface area contributed by atoms with Gasteiger partial charge in [-0.15, -0.1) is 0 Å². The third-order valence-electron chi connectivity index (χ3n) is 2.50. The van der Waals surface area contributed by atoms with Gasteiger partial charge in [0.2, 0.25) is 0 Å². The Morgan fingerprint density at radius 3 is 2.36 bits per heavy atom.